The van der Waals surface area contributed by atoms with Crippen molar-refractivity contribution >= 4 is 22.6 Å². The van der Waals surface area contributed by atoms with Crippen LogP contribution in [-0.2, 0) is 13.0 Å². The van der Waals surface area contributed by atoms with Crippen LogP contribution >= 0.6 is 0 Å². The number of nitrogens with one attached hydrogen (secondary N) is 2. The molecule has 0 fully saturated rings. The lowest BCUT2D eigenvalue weighted by Gasteiger charge is -2.17. The van der Waals surface area contributed by atoms with Crippen molar-refractivity contribution in [3.63, 3.8) is 0 Å². The minimum absolute atomic E-state index is 0.00551. The molecular weight excluding hydrogens is 466 g/mol. The Labute approximate surface area is 213 Å². The van der Waals surface area contributed by atoms with E-state index < -0.39 is 5.91 Å². The van der Waals surface area contributed by atoms with Crippen LogP contribution in [0.15, 0.2) is 89.9 Å². The van der Waals surface area contributed by atoms with Gasteiger partial charge in [-0.15, -0.1) is 0 Å². The summed E-state index contributed by atoms with van der Waals surface area (Å²) in [4.78, 5) is 31.5. The zero-order valence-electron chi connectivity index (χ0n) is 20.6. The first-order valence-electron chi connectivity index (χ1n) is 12.0. The lowest BCUT2D eigenvalue weighted by atomic mass is 10.1. The second-order valence-electron chi connectivity index (χ2n) is 8.85. The number of hydrogen-bond acceptors (Lipinski definition) is 5. The smallest absolute Gasteiger partial charge is 0.267 e. The zero-order valence-corrected chi connectivity index (χ0v) is 20.6. The molecule has 0 aliphatic heterocycles. The molecule has 0 bridgehead atoms. The van der Waals surface area contributed by atoms with Crippen molar-refractivity contribution in [3.05, 3.63) is 118 Å². The molecule has 1 amide bonds. The van der Waals surface area contributed by atoms with Crippen LogP contribution in [0.4, 0.5) is 0 Å². The van der Waals surface area contributed by atoms with Gasteiger partial charge in [0, 0.05) is 12.7 Å². The molecule has 3 aromatic heterocycles. The second kappa shape index (κ2) is 10.1. The Morgan fingerprint density at radius 2 is 1.78 bits per heavy atom. The number of carbonyl (C=O) groups is 1. The van der Waals surface area contributed by atoms with E-state index in [9.17, 15) is 9.59 Å². The molecule has 0 spiro atoms. The van der Waals surface area contributed by atoms with Crippen LogP contribution in [0.2, 0.25) is 0 Å². The van der Waals surface area contributed by atoms with Gasteiger partial charge < -0.3 is 14.6 Å². The van der Waals surface area contributed by atoms with Gasteiger partial charge in [-0.3, -0.25) is 19.4 Å². The van der Waals surface area contributed by atoms with E-state index in [0.29, 0.717) is 24.3 Å². The molecule has 5 rings (SSSR count). The summed E-state index contributed by atoms with van der Waals surface area (Å²) < 4.78 is 8.34. The molecule has 0 saturated heterocycles. The van der Waals surface area contributed by atoms with E-state index >= 15 is 0 Å². The highest BCUT2D eigenvalue weighted by atomic mass is 16.5. The summed E-state index contributed by atoms with van der Waals surface area (Å²) >= 11 is 0. The van der Waals surface area contributed by atoms with Crippen LogP contribution < -0.4 is 21.1 Å². The maximum Gasteiger partial charge on any atom is 0.267 e. The number of pyridine rings is 2. The van der Waals surface area contributed by atoms with Crippen LogP contribution in [-0.4, -0.2) is 27.0 Å². The minimum atomic E-state index is -0.418. The molecule has 2 N–H and O–H groups in total. The van der Waals surface area contributed by atoms with Crippen LogP contribution in [0.3, 0.4) is 0 Å². The summed E-state index contributed by atoms with van der Waals surface area (Å²) in [6, 6.07) is 23.8. The highest BCUT2D eigenvalue weighted by molar-refractivity contribution is 5.97. The third-order valence-electron chi connectivity index (χ3n) is 6.49. The average Bonchev–Trinajstić information content (AvgIpc) is 2.93. The summed E-state index contributed by atoms with van der Waals surface area (Å²) in [7, 11) is 1.62. The van der Waals surface area contributed by atoms with Gasteiger partial charge >= 0.3 is 0 Å². The summed E-state index contributed by atoms with van der Waals surface area (Å²) in [5.74, 6) is 0.342. The second-order valence-corrected chi connectivity index (χ2v) is 8.85. The van der Waals surface area contributed by atoms with E-state index in [4.69, 9.17) is 15.1 Å². The van der Waals surface area contributed by atoms with Crippen LogP contribution in [0.25, 0.3) is 16.7 Å². The number of methoxy groups -OCH3 is 1. The summed E-state index contributed by atoms with van der Waals surface area (Å²) in [6.07, 6.45) is 2.23. The molecule has 186 valence electrons. The van der Waals surface area contributed by atoms with Gasteiger partial charge in [0.25, 0.3) is 11.5 Å². The van der Waals surface area contributed by atoms with Crippen molar-refractivity contribution in [2.24, 2.45) is 0 Å². The van der Waals surface area contributed by atoms with Crippen molar-refractivity contribution in [2.45, 2.75) is 25.9 Å². The van der Waals surface area contributed by atoms with E-state index in [1.165, 1.54) is 10.5 Å². The fourth-order valence-electron chi connectivity index (χ4n) is 4.41. The molecule has 8 nitrogen and oxygen atoms in total. The molecule has 0 unspecified atom stereocenters. The molecule has 0 radical (unpaired) electrons. The van der Waals surface area contributed by atoms with E-state index in [1.54, 1.807) is 30.0 Å². The Balaban J connectivity index is 1.60. The Kier molecular flexibility index (Phi) is 6.55. The summed E-state index contributed by atoms with van der Waals surface area (Å²) in [5, 5.41) is 12.2. The molecule has 5 aromatic rings. The van der Waals surface area contributed by atoms with Gasteiger partial charge in [0.1, 0.15) is 22.5 Å². The standard InChI is InChI=1S/C29H27N5O3/c1-19(21-8-4-3-5-9-21)31-28(35)23-18-24-27(32-25-10-6-7-16-33(25)29(24)36)34(26(23)30)17-15-20-11-13-22(37-2)14-12-20/h3-14,16,18-19,30H,15,17H2,1-2H3,(H,31,35)/t19-/m1/s1. The van der Waals surface area contributed by atoms with Gasteiger partial charge in [0.15, 0.2) is 0 Å². The third kappa shape index (κ3) is 4.73. The van der Waals surface area contributed by atoms with Crippen molar-refractivity contribution < 1.29 is 9.53 Å². The molecule has 1 atom stereocenters. The number of ether oxygens (including phenoxy) is 1. The molecule has 0 saturated carbocycles. The number of hydrogen-bond donors (Lipinski definition) is 2. The first-order valence-corrected chi connectivity index (χ1v) is 12.0. The van der Waals surface area contributed by atoms with Gasteiger partial charge in [-0.25, -0.2) is 4.98 Å². The SMILES string of the molecule is COc1ccc(CCn2c(=N)c(C(=O)N[C@H](C)c3ccccc3)cc3c(=O)n4ccccc4nc32)cc1. The molecule has 0 aliphatic carbocycles. The predicted molar refractivity (Wildman–Crippen MR) is 142 cm³/mol. The Morgan fingerprint density at radius 1 is 1.05 bits per heavy atom. The quantitative estimate of drug-likeness (QED) is 0.336. The summed E-state index contributed by atoms with van der Waals surface area (Å²) in [5.41, 5.74) is 2.68. The third-order valence-corrected chi connectivity index (χ3v) is 6.49. The van der Waals surface area contributed by atoms with Gasteiger partial charge in [0.05, 0.1) is 24.1 Å². The maximum atomic E-state index is 13.4. The lowest BCUT2D eigenvalue weighted by Crippen LogP contribution is -2.36. The predicted octanol–water partition coefficient (Wildman–Crippen LogP) is 3.87. The number of nitrogens with zero attached hydrogens (tertiary/aromatic N) is 3. The highest BCUT2D eigenvalue weighted by Crippen LogP contribution is 2.16. The van der Waals surface area contributed by atoms with Gasteiger partial charge in [-0.1, -0.05) is 48.5 Å². The molecule has 8 heteroatoms. The number of amides is 1. The molecular formula is C29H27N5O3. The van der Waals surface area contributed by atoms with E-state index in [0.717, 1.165) is 16.9 Å². The zero-order chi connectivity index (χ0) is 25.9. The molecule has 0 aliphatic rings. The number of aryl methyl sites for hydroxylation is 2. The lowest BCUT2D eigenvalue weighted by molar-refractivity contribution is 0.0937. The fraction of sp³-hybridized carbons (Fsp3) is 0.172. The van der Waals surface area contributed by atoms with Crippen molar-refractivity contribution in [2.75, 3.05) is 7.11 Å². The fourth-order valence-corrected chi connectivity index (χ4v) is 4.41. The van der Waals surface area contributed by atoms with E-state index in [2.05, 4.69) is 5.32 Å². The number of fused-ring (bicyclic) bond motifs is 2. The van der Waals surface area contributed by atoms with Gasteiger partial charge in [-0.05, 0) is 54.8 Å². The Bertz CT molecular complexity index is 1710. The monoisotopic (exact) mass is 493 g/mol. The van der Waals surface area contributed by atoms with Crippen molar-refractivity contribution in [3.8, 4) is 5.75 Å². The number of carbonyl (C=O) groups excluding carboxylic acids is 1. The molecule has 3 heterocycles. The summed E-state index contributed by atoms with van der Waals surface area (Å²) in [6.45, 7) is 2.26. The van der Waals surface area contributed by atoms with Gasteiger partial charge in [0.2, 0.25) is 0 Å². The van der Waals surface area contributed by atoms with Crippen molar-refractivity contribution in [1.82, 2.24) is 19.3 Å². The topological polar surface area (TPSA) is 101 Å². The average molecular weight is 494 g/mol. The van der Waals surface area contributed by atoms with Crippen LogP contribution in [0, 0.1) is 5.41 Å². The van der Waals surface area contributed by atoms with Crippen molar-refractivity contribution in [1.29, 1.82) is 5.41 Å². The first kappa shape index (κ1) is 24.0. The number of aromatic nitrogens is 3. The maximum absolute atomic E-state index is 13.4. The molecule has 2 aromatic carbocycles. The Hall–Kier alpha value is -4.72. The van der Waals surface area contributed by atoms with E-state index in [1.807, 2.05) is 67.6 Å². The van der Waals surface area contributed by atoms with Crippen LogP contribution in [0.5, 0.6) is 5.75 Å². The Morgan fingerprint density at radius 3 is 2.51 bits per heavy atom. The minimum Gasteiger partial charge on any atom is -0.497 e. The van der Waals surface area contributed by atoms with Gasteiger partial charge in [-0.2, -0.15) is 0 Å². The van der Waals surface area contributed by atoms with Crippen LogP contribution in [0.1, 0.15) is 34.5 Å². The number of benzene rings is 2. The first-order chi connectivity index (χ1) is 18.0. The molecule has 37 heavy (non-hydrogen) atoms. The van der Waals surface area contributed by atoms with E-state index in [-0.39, 0.29) is 28.0 Å². The highest BCUT2D eigenvalue weighted by Gasteiger charge is 2.19. The normalized spacial score (nSPS) is 11.9. The largest absolute Gasteiger partial charge is 0.497 e. The number of rotatable bonds is 7.